The summed E-state index contributed by atoms with van der Waals surface area (Å²) >= 11 is 5.81. The van der Waals surface area contributed by atoms with E-state index in [1.165, 1.54) is 0 Å². The molecule has 1 fully saturated rings. The van der Waals surface area contributed by atoms with E-state index in [-0.39, 0.29) is 29.6 Å². The SMILES string of the molecule is CC(C)C(NC(=O)c1ccc(Cl)cc1)C(=O)NCCNC(=O)C1CC1. The van der Waals surface area contributed by atoms with E-state index < -0.39 is 6.04 Å². The first-order chi connectivity index (χ1) is 11.9. The fourth-order valence-electron chi connectivity index (χ4n) is 2.33. The van der Waals surface area contributed by atoms with Crippen LogP contribution < -0.4 is 16.0 Å². The highest BCUT2D eigenvalue weighted by molar-refractivity contribution is 6.30. The lowest BCUT2D eigenvalue weighted by Gasteiger charge is -2.22. The minimum absolute atomic E-state index is 0.0469. The molecule has 25 heavy (non-hydrogen) atoms. The number of carbonyl (C=O) groups excluding carboxylic acids is 3. The molecule has 0 aromatic heterocycles. The van der Waals surface area contributed by atoms with Crippen LogP contribution >= 0.6 is 11.6 Å². The van der Waals surface area contributed by atoms with Gasteiger partial charge in [0.2, 0.25) is 11.8 Å². The molecule has 0 radical (unpaired) electrons. The number of carbonyl (C=O) groups is 3. The third-order valence-corrected chi connectivity index (χ3v) is 4.27. The standard InChI is InChI=1S/C18H24ClN3O3/c1-11(2)15(22-17(24)13-5-7-14(19)8-6-13)18(25)21-10-9-20-16(23)12-3-4-12/h5-8,11-12,15H,3-4,9-10H2,1-2H3,(H,20,23)(H,21,25)(H,22,24). The van der Waals surface area contributed by atoms with E-state index >= 15 is 0 Å². The molecule has 6 nitrogen and oxygen atoms in total. The van der Waals surface area contributed by atoms with Crippen molar-refractivity contribution in [3.8, 4) is 0 Å². The zero-order valence-electron chi connectivity index (χ0n) is 14.5. The fourth-order valence-corrected chi connectivity index (χ4v) is 2.46. The second-order valence-corrected chi connectivity index (χ2v) is 6.99. The van der Waals surface area contributed by atoms with Crippen LogP contribution in [0.1, 0.15) is 37.0 Å². The topological polar surface area (TPSA) is 87.3 Å². The average molecular weight is 366 g/mol. The largest absolute Gasteiger partial charge is 0.354 e. The number of hydrogen-bond donors (Lipinski definition) is 3. The summed E-state index contributed by atoms with van der Waals surface area (Å²) in [5, 5.41) is 8.83. The summed E-state index contributed by atoms with van der Waals surface area (Å²) < 4.78 is 0. The van der Waals surface area contributed by atoms with Crippen molar-refractivity contribution in [1.82, 2.24) is 16.0 Å². The van der Waals surface area contributed by atoms with E-state index in [1.807, 2.05) is 13.8 Å². The van der Waals surface area contributed by atoms with Crippen molar-refractivity contribution in [3.63, 3.8) is 0 Å². The molecule has 1 unspecified atom stereocenters. The third kappa shape index (κ3) is 6.05. The molecule has 0 saturated heterocycles. The van der Waals surface area contributed by atoms with Gasteiger partial charge in [-0.3, -0.25) is 14.4 Å². The van der Waals surface area contributed by atoms with Crippen LogP contribution in [0.4, 0.5) is 0 Å². The Kier molecular flexibility index (Phi) is 6.82. The second kappa shape index (κ2) is 8.85. The average Bonchev–Trinajstić information content (AvgIpc) is 3.41. The first-order valence-corrected chi connectivity index (χ1v) is 8.88. The second-order valence-electron chi connectivity index (χ2n) is 6.56. The molecule has 2 rings (SSSR count). The van der Waals surface area contributed by atoms with Crippen molar-refractivity contribution < 1.29 is 14.4 Å². The Morgan fingerprint density at radius 2 is 1.68 bits per heavy atom. The van der Waals surface area contributed by atoms with Crippen molar-refractivity contribution >= 4 is 29.3 Å². The molecule has 0 aliphatic heterocycles. The molecule has 0 bridgehead atoms. The van der Waals surface area contributed by atoms with Gasteiger partial charge in [0, 0.05) is 29.6 Å². The number of benzene rings is 1. The van der Waals surface area contributed by atoms with E-state index in [0.717, 1.165) is 12.8 Å². The van der Waals surface area contributed by atoms with Gasteiger partial charge in [-0.2, -0.15) is 0 Å². The lowest BCUT2D eigenvalue weighted by Crippen LogP contribution is -2.50. The van der Waals surface area contributed by atoms with Crippen molar-refractivity contribution in [2.24, 2.45) is 11.8 Å². The molecule has 1 saturated carbocycles. The van der Waals surface area contributed by atoms with Gasteiger partial charge in [-0.05, 0) is 43.0 Å². The first-order valence-electron chi connectivity index (χ1n) is 8.50. The number of hydrogen-bond acceptors (Lipinski definition) is 3. The molecule has 7 heteroatoms. The summed E-state index contributed by atoms with van der Waals surface area (Å²) in [7, 11) is 0. The summed E-state index contributed by atoms with van der Waals surface area (Å²) in [5.41, 5.74) is 0.444. The zero-order valence-corrected chi connectivity index (χ0v) is 15.2. The zero-order chi connectivity index (χ0) is 18.4. The van der Waals surface area contributed by atoms with Crippen LogP contribution in [-0.2, 0) is 9.59 Å². The number of rotatable bonds is 8. The maximum atomic E-state index is 12.3. The summed E-state index contributed by atoms with van der Waals surface area (Å²) in [6, 6.07) is 5.83. The summed E-state index contributed by atoms with van der Waals surface area (Å²) in [6.45, 7) is 4.44. The highest BCUT2D eigenvalue weighted by atomic mass is 35.5. The molecule has 1 aliphatic carbocycles. The summed E-state index contributed by atoms with van der Waals surface area (Å²) in [4.78, 5) is 36.2. The van der Waals surface area contributed by atoms with Gasteiger partial charge in [0.25, 0.3) is 5.91 Å². The molecular formula is C18H24ClN3O3. The van der Waals surface area contributed by atoms with Crippen molar-refractivity contribution in [2.75, 3.05) is 13.1 Å². The molecule has 0 spiro atoms. The number of amides is 3. The molecule has 136 valence electrons. The van der Waals surface area contributed by atoms with Gasteiger partial charge in [-0.15, -0.1) is 0 Å². The van der Waals surface area contributed by atoms with E-state index in [9.17, 15) is 14.4 Å². The van der Waals surface area contributed by atoms with Gasteiger partial charge in [0.1, 0.15) is 6.04 Å². The Morgan fingerprint density at radius 3 is 2.24 bits per heavy atom. The van der Waals surface area contributed by atoms with Crippen LogP contribution in [0, 0.1) is 11.8 Å². The van der Waals surface area contributed by atoms with Crippen LogP contribution in [0.25, 0.3) is 0 Å². The highest BCUT2D eigenvalue weighted by Gasteiger charge is 2.29. The number of nitrogens with one attached hydrogen (secondary N) is 3. The molecular weight excluding hydrogens is 342 g/mol. The Morgan fingerprint density at radius 1 is 1.08 bits per heavy atom. The van der Waals surface area contributed by atoms with Gasteiger partial charge in [0.15, 0.2) is 0 Å². The lowest BCUT2D eigenvalue weighted by molar-refractivity contribution is -0.125. The molecule has 0 heterocycles. The van der Waals surface area contributed by atoms with Crippen molar-refractivity contribution in [1.29, 1.82) is 0 Å². The van der Waals surface area contributed by atoms with Gasteiger partial charge in [-0.1, -0.05) is 25.4 Å². The molecule has 3 N–H and O–H groups in total. The van der Waals surface area contributed by atoms with E-state index in [2.05, 4.69) is 16.0 Å². The minimum atomic E-state index is -0.651. The molecule has 1 aromatic rings. The summed E-state index contributed by atoms with van der Waals surface area (Å²) in [6.07, 6.45) is 1.90. The quantitative estimate of drug-likeness (QED) is 0.613. The highest BCUT2D eigenvalue weighted by Crippen LogP contribution is 2.28. The van der Waals surface area contributed by atoms with Gasteiger partial charge in [0.05, 0.1) is 0 Å². The van der Waals surface area contributed by atoms with Crippen LogP contribution in [0.15, 0.2) is 24.3 Å². The third-order valence-electron chi connectivity index (χ3n) is 4.01. The Hall–Kier alpha value is -2.08. The van der Waals surface area contributed by atoms with E-state index in [0.29, 0.717) is 23.7 Å². The maximum absolute atomic E-state index is 12.3. The van der Waals surface area contributed by atoms with Crippen LogP contribution in [0.5, 0.6) is 0 Å². The van der Waals surface area contributed by atoms with Crippen LogP contribution in [0.3, 0.4) is 0 Å². The van der Waals surface area contributed by atoms with Crippen molar-refractivity contribution in [2.45, 2.75) is 32.7 Å². The molecule has 1 atom stereocenters. The molecule has 1 aromatic carbocycles. The maximum Gasteiger partial charge on any atom is 0.251 e. The van der Waals surface area contributed by atoms with Gasteiger partial charge >= 0.3 is 0 Å². The fraction of sp³-hybridized carbons (Fsp3) is 0.500. The Bertz CT molecular complexity index is 627. The number of halogens is 1. The monoisotopic (exact) mass is 365 g/mol. The lowest BCUT2D eigenvalue weighted by atomic mass is 10.0. The molecule has 1 aliphatic rings. The van der Waals surface area contributed by atoms with Gasteiger partial charge in [-0.25, -0.2) is 0 Å². The predicted molar refractivity (Wildman–Crippen MR) is 96.3 cm³/mol. The van der Waals surface area contributed by atoms with Gasteiger partial charge < -0.3 is 16.0 Å². The summed E-state index contributed by atoms with van der Waals surface area (Å²) in [5.74, 6) is -0.466. The van der Waals surface area contributed by atoms with Crippen LogP contribution in [-0.4, -0.2) is 36.9 Å². The Labute approximate surface area is 152 Å². The van der Waals surface area contributed by atoms with Crippen molar-refractivity contribution in [3.05, 3.63) is 34.9 Å². The predicted octanol–water partition coefficient (Wildman–Crippen LogP) is 1.74. The minimum Gasteiger partial charge on any atom is -0.354 e. The van der Waals surface area contributed by atoms with E-state index in [4.69, 9.17) is 11.6 Å². The van der Waals surface area contributed by atoms with E-state index in [1.54, 1.807) is 24.3 Å². The smallest absolute Gasteiger partial charge is 0.251 e. The van der Waals surface area contributed by atoms with Crippen LogP contribution in [0.2, 0.25) is 5.02 Å². The normalized spacial score (nSPS) is 14.7. The Balaban J connectivity index is 1.81. The first kappa shape index (κ1) is 19.2. The molecule has 3 amide bonds.